The highest BCUT2D eigenvalue weighted by atomic mass is 16.5. The number of amides is 2. The molecule has 0 bridgehead atoms. The van der Waals surface area contributed by atoms with Gasteiger partial charge in [0.2, 0.25) is 0 Å². The zero-order chi connectivity index (χ0) is 18.5. The Morgan fingerprint density at radius 1 is 1.31 bits per heavy atom. The molecule has 0 spiro atoms. The van der Waals surface area contributed by atoms with Crippen LogP contribution < -0.4 is 10.6 Å². The van der Waals surface area contributed by atoms with Crippen LogP contribution in [0.4, 0.5) is 5.69 Å². The summed E-state index contributed by atoms with van der Waals surface area (Å²) in [6, 6.07) is 7.31. The van der Waals surface area contributed by atoms with Crippen molar-refractivity contribution in [2.24, 2.45) is 0 Å². The molecule has 26 heavy (non-hydrogen) atoms. The van der Waals surface area contributed by atoms with Crippen molar-refractivity contribution in [3.8, 4) is 0 Å². The van der Waals surface area contributed by atoms with Crippen molar-refractivity contribution in [3.05, 3.63) is 29.8 Å². The molecule has 2 atom stereocenters. The fourth-order valence-corrected chi connectivity index (χ4v) is 3.48. The third kappa shape index (κ3) is 4.60. The van der Waals surface area contributed by atoms with Crippen LogP contribution in [0.15, 0.2) is 24.3 Å². The molecule has 2 aliphatic rings. The maximum absolute atomic E-state index is 12.7. The number of rotatable bonds is 4. The molecule has 0 aromatic heterocycles. The predicted molar refractivity (Wildman–Crippen MR) is 100 cm³/mol. The van der Waals surface area contributed by atoms with Crippen LogP contribution in [0.3, 0.4) is 0 Å². The minimum absolute atomic E-state index is 0.0167. The van der Waals surface area contributed by atoms with E-state index in [2.05, 4.69) is 22.6 Å². The molecular formula is C19H28N4O3. The number of hydrogen-bond acceptors (Lipinski definition) is 5. The van der Waals surface area contributed by atoms with Crippen LogP contribution in [0, 0.1) is 0 Å². The molecule has 2 aliphatic heterocycles. The lowest BCUT2D eigenvalue weighted by Gasteiger charge is -2.35. The number of piperidine rings is 1. The van der Waals surface area contributed by atoms with Gasteiger partial charge in [-0.25, -0.2) is 0 Å². The van der Waals surface area contributed by atoms with Crippen molar-refractivity contribution in [1.29, 1.82) is 0 Å². The Morgan fingerprint density at radius 3 is 2.73 bits per heavy atom. The summed E-state index contributed by atoms with van der Waals surface area (Å²) >= 11 is 0. The van der Waals surface area contributed by atoms with Crippen LogP contribution in [-0.4, -0.2) is 80.6 Å². The van der Waals surface area contributed by atoms with Gasteiger partial charge in [-0.3, -0.25) is 9.59 Å². The lowest BCUT2D eigenvalue weighted by atomic mass is 10.0. The van der Waals surface area contributed by atoms with E-state index < -0.39 is 6.10 Å². The van der Waals surface area contributed by atoms with Crippen molar-refractivity contribution in [2.75, 3.05) is 52.2 Å². The second-order valence-electron chi connectivity index (χ2n) is 7.10. The number of carbonyl (C=O) groups is 2. The number of likely N-dealkylation sites (N-methyl/N-ethyl adjacent to an activating group) is 2. The van der Waals surface area contributed by atoms with Gasteiger partial charge < -0.3 is 25.2 Å². The molecule has 0 aliphatic carbocycles. The highest BCUT2D eigenvalue weighted by molar-refractivity contribution is 5.97. The number of nitrogens with one attached hydrogen (secondary N) is 2. The molecule has 3 rings (SSSR count). The Bertz CT molecular complexity index is 628. The number of hydrogen-bond donors (Lipinski definition) is 2. The normalized spacial score (nSPS) is 24.1. The molecule has 2 saturated heterocycles. The minimum atomic E-state index is -0.473. The molecule has 1 aromatic rings. The van der Waals surface area contributed by atoms with Gasteiger partial charge in [0.15, 0.2) is 0 Å². The summed E-state index contributed by atoms with van der Waals surface area (Å²) in [6.07, 6.45) is 1.68. The number of carbonyl (C=O) groups excluding carboxylic acids is 2. The summed E-state index contributed by atoms with van der Waals surface area (Å²) in [4.78, 5) is 29.0. The van der Waals surface area contributed by atoms with Crippen molar-refractivity contribution in [3.63, 3.8) is 0 Å². The summed E-state index contributed by atoms with van der Waals surface area (Å²) < 4.78 is 5.44. The average Bonchev–Trinajstić information content (AvgIpc) is 2.68. The van der Waals surface area contributed by atoms with Gasteiger partial charge in [0, 0.05) is 44.0 Å². The number of morpholine rings is 1. The van der Waals surface area contributed by atoms with Gasteiger partial charge in [0.25, 0.3) is 11.8 Å². The first-order valence-electron chi connectivity index (χ1n) is 9.23. The second kappa shape index (κ2) is 8.62. The Labute approximate surface area is 154 Å². The largest absolute Gasteiger partial charge is 0.366 e. The Kier molecular flexibility index (Phi) is 6.24. The fraction of sp³-hybridized carbons (Fsp3) is 0.579. The average molecular weight is 360 g/mol. The van der Waals surface area contributed by atoms with Gasteiger partial charge >= 0.3 is 0 Å². The van der Waals surface area contributed by atoms with Crippen LogP contribution in [0.25, 0.3) is 0 Å². The quantitative estimate of drug-likeness (QED) is 0.830. The number of likely N-dealkylation sites (tertiary alicyclic amines) is 1. The lowest BCUT2D eigenvalue weighted by molar-refractivity contribution is -0.128. The van der Waals surface area contributed by atoms with E-state index in [-0.39, 0.29) is 17.9 Å². The minimum Gasteiger partial charge on any atom is -0.366 e. The maximum Gasteiger partial charge on any atom is 0.254 e. The van der Waals surface area contributed by atoms with Crippen LogP contribution in [0.2, 0.25) is 0 Å². The van der Waals surface area contributed by atoms with E-state index in [0.29, 0.717) is 24.4 Å². The summed E-state index contributed by atoms with van der Waals surface area (Å²) in [5.41, 5.74) is 1.30. The van der Waals surface area contributed by atoms with Gasteiger partial charge in [0.05, 0.1) is 6.61 Å². The zero-order valence-corrected chi connectivity index (χ0v) is 15.5. The molecule has 142 valence electrons. The molecular weight excluding hydrogens is 332 g/mol. The topological polar surface area (TPSA) is 73.9 Å². The van der Waals surface area contributed by atoms with E-state index in [4.69, 9.17) is 4.74 Å². The van der Waals surface area contributed by atoms with E-state index in [0.717, 1.165) is 32.5 Å². The molecule has 1 aromatic carbocycles. The van der Waals surface area contributed by atoms with E-state index in [9.17, 15) is 9.59 Å². The third-order valence-electron chi connectivity index (χ3n) is 5.09. The van der Waals surface area contributed by atoms with Crippen LogP contribution in [0.1, 0.15) is 23.2 Å². The van der Waals surface area contributed by atoms with Crippen LogP contribution >= 0.6 is 0 Å². The van der Waals surface area contributed by atoms with Gasteiger partial charge in [-0.2, -0.15) is 0 Å². The summed E-state index contributed by atoms with van der Waals surface area (Å²) in [6.45, 7) is 3.82. The molecule has 2 N–H and O–H groups in total. The SMILES string of the molecule is CN1CCCC(N(C)C(=O)c2ccc(NC(=O)C3CNCCO3)cc2)C1. The highest BCUT2D eigenvalue weighted by Gasteiger charge is 2.25. The first-order chi connectivity index (χ1) is 12.5. The summed E-state index contributed by atoms with van der Waals surface area (Å²) in [7, 11) is 3.96. The number of ether oxygens (including phenoxy) is 1. The second-order valence-corrected chi connectivity index (χ2v) is 7.10. The molecule has 0 radical (unpaired) electrons. The molecule has 2 amide bonds. The lowest BCUT2D eigenvalue weighted by Crippen LogP contribution is -2.47. The summed E-state index contributed by atoms with van der Waals surface area (Å²) in [5, 5.41) is 5.97. The van der Waals surface area contributed by atoms with E-state index in [1.165, 1.54) is 0 Å². The Hall–Kier alpha value is -1.96. The number of nitrogens with zero attached hydrogens (tertiary/aromatic N) is 2. The molecule has 7 nitrogen and oxygen atoms in total. The molecule has 2 heterocycles. The third-order valence-corrected chi connectivity index (χ3v) is 5.09. The van der Waals surface area contributed by atoms with E-state index in [1.54, 1.807) is 24.3 Å². The molecule has 0 saturated carbocycles. The summed E-state index contributed by atoms with van der Waals surface area (Å²) in [5.74, 6) is -0.151. The first kappa shape index (κ1) is 18.8. The molecule has 2 fully saturated rings. The van der Waals surface area contributed by atoms with E-state index >= 15 is 0 Å². The van der Waals surface area contributed by atoms with Gasteiger partial charge in [0.1, 0.15) is 6.10 Å². The van der Waals surface area contributed by atoms with Gasteiger partial charge in [-0.1, -0.05) is 0 Å². The van der Waals surface area contributed by atoms with Crippen molar-refractivity contribution in [1.82, 2.24) is 15.1 Å². The standard InChI is InChI=1S/C19H28N4O3/c1-22-10-3-4-16(13-22)23(2)19(25)14-5-7-15(8-6-14)21-18(24)17-12-20-9-11-26-17/h5-8,16-17,20H,3-4,9-13H2,1-2H3,(H,21,24). The zero-order valence-electron chi connectivity index (χ0n) is 15.5. The first-order valence-corrected chi connectivity index (χ1v) is 9.23. The van der Waals surface area contributed by atoms with E-state index in [1.807, 2.05) is 11.9 Å². The van der Waals surface area contributed by atoms with Crippen LogP contribution in [-0.2, 0) is 9.53 Å². The van der Waals surface area contributed by atoms with Crippen molar-refractivity contribution in [2.45, 2.75) is 25.0 Å². The Balaban J connectivity index is 1.57. The molecule has 2 unspecified atom stereocenters. The molecule has 7 heteroatoms. The highest BCUT2D eigenvalue weighted by Crippen LogP contribution is 2.17. The monoisotopic (exact) mass is 360 g/mol. The van der Waals surface area contributed by atoms with Crippen molar-refractivity contribution < 1.29 is 14.3 Å². The predicted octanol–water partition coefficient (Wildman–Crippen LogP) is 0.780. The smallest absolute Gasteiger partial charge is 0.254 e. The number of benzene rings is 1. The van der Waals surface area contributed by atoms with Crippen molar-refractivity contribution >= 4 is 17.5 Å². The Morgan fingerprint density at radius 2 is 2.08 bits per heavy atom. The maximum atomic E-state index is 12.7. The number of anilines is 1. The van der Waals surface area contributed by atoms with Crippen LogP contribution in [0.5, 0.6) is 0 Å². The fourth-order valence-electron chi connectivity index (χ4n) is 3.48. The van der Waals surface area contributed by atoms with Gasteiger partial charge in [-0.05, 0) is 50.7 Å². The van der Waals surface area contributed by atoms with Gasteiger partial charge in [-0.15, -0.1) is 0 Å².